The van der Waals surface area contributed by atoms with Gasteiger partial charge < -0.3 is 19.5 Å². The van der Waals surface area contributed by atoms with E-state index in [-0.39, 0.29) is 42.4 Å². The molecule has 1 saturated heterocycles. The Kier molecular flexibility index (Phi) is 11.9. The van der Waals surface area contributed by atoms with Crippen LogP contribution in [-0.2, 0) is 28.4 Å². The minimum Gasteiger partial charge on any atom is -0.377 e. The molecule has 0 bridgehead atoms. The molecule has 11 heteroatoms. The maximum atomic E-state index is 12.2. The maximum absolute atomic E-state index is 12.2. The lowest BCUT2D eigenvalue weighted by atomic mass is 10.1. The van der Waals surface area contributed by atoms with Crippen molar-refractivity contribution in [3.05, 3.63) is 23.0 Å². The van der Waals surface area contributed by atoms with Crippen LogP contribution in [-0.4, -0.2) is 69.0 Å². The monoisotopic (exact) mass is 561 g/mol. The first-order chi connectivity index (χ1) is 13.3. The standard InChI is InChI=1S/C18H32ClN5O3S.HI/c1-4-20-18(24(3)14-16-11-15(19)13-23(16)2)21-8-10-28(25,26)22-12-17-7-5-6-9-27-17;/h11,13,17,22H,4-10,12,14H2,1-3H3,(H,20,21);1H. The van der Waals surface area contributed by atoms with Crippen LogP contribution in [0.25, 0.3) is 0 Å². The highest BCUT2D eigenvalue weighted by molar-refractivity contribution is 14.0. The maximum Gasteiger partial charge on any atom is 0.213 e. The number of hydrogen-bond acceptors (Lipinski definition) is 4. The summed E-state index contributed by atoms with van der Waals surface area (Å²) in [6.45, 7) is 4.51. The van der Waals surface area contributed by atoms with Gasteiger partial charge in [0.25, 0.3) is 0 Å². The second kappa shape index (κ2) is 13.0. The molecule has 0 spiro atoms. The summed E-state index contributed by atoms with van der Waals surface area (Å²) in [7, 11) is 0.466. The number of nitrogens with one attached hydrogen (secondary N) is 2. The first-order valence-electron chi connectivity index (χ1n) is 9.70. The molecule has 168 valence electrons. The Bertz CT molecular complexity index is 751. The number of aliphatic imine (C=N–C) groups is 1. The van der Waals surface area contributed by atoms with Crippen molar-refractivity contribution in [3.8, 4) is 0 Å². The zero-order valence-corrected chi connectivity index (χ0v) is 21.3. The van der Waals surface area contributed by atoms with Gasteiger partial charge in [-0.1, -0.05) is 11.6 Å². The van der Waals surface area contributed by atoms with E-state index in [4.69, 9.17) is 16.3 Å². The third kappa shape index (κ3) is 9.41. The van der Waals surface area contributed by atoms with Gasteiger partial charge in [-0.25, -0.2) is 13.1 Å². The van der Waals surface area contributed by atoms with Crippen molar-refractivity contribution >= 4 is 51.6 Å². The Labute approximate surface area is 196 Å². The predicted octanol–water partition coefficient (Wildman–Crippen LogP) is 2.18. The molecule has 2 rings (SSSR count). The number of halogens is 2. The molecule has 1 aromatic heterocycles. The molecule has 0 aliphatic carbocycles. The number of aryl methyl sites for hydroxylation is 1. The fourth-order valence-electron chi connectivity index (χ4n) is 3.04. The highest BCUT2D eigenvalue weighted by atomic mass is 127. The number of sulfonamides is 1. The molecular weight excluding hydrogens is 529 g/mol. The third-order valence-electron chi connectivity index (χ3n) is 4.60. The number of guanidine groups is 1. The van der Waals surface area contributed by atoms with Gasteiger partial charge in [-0.15, -0.1) is 24.0 Å². The van der Waals surface area contributed by atoms with Gasteiger partial charge in [0.15, 0.2) is 5.96 Å². The van der Waals surface area contributed by atoms with Crippen LogP contribution in [0.5, 0.6) is 0 Å². The number of aromatic nitrogens is 1. The van der Waals surface area contributed by atoms with Crippen molar-refractivity contribution in [2.75, 3.05) is 39.0 Å². The van der Waals surface area contributed by atoms with E-state index >= 15 is 0 Å². The van der Waals surface area contributed by atoms with Crippen LogP contribution in [0.2, 0.25) is 5.02 Å². The molecule has 1 aliphatic heterocycles. The summed E-state index contributed by atoms with van der Waals surface area (Å²) in [6, 6.07) is 1.91. The summed E-state index contributed by atoms with van der Waals surface area (Å²) in [5.41, 5.74) is 1.04. The van der Waals surface area contributed by atoms with Crippen LogP contribution >= 0.6 is 35.6 Å². The van der Waals surface area contributed by atoms with E-state index in [1.807, 2.05) is 42.7 Å². The summed E-state index contributed by atoms with van der Waals surface area (Å²) in [4.78, 5) is 6.41. The van der Waals surface area contributed by atoms with Crippen LogP contribution in [0.1, 0.15) is 31.9 Å². The fraction of sp³-hybridized carbons (Fsp3) is 0.722. The molecule has 0 aromatic carbocycles. The van der Waals surface area contributed by atoms with Crippen molar-refractivity contribution < 1.29 is 13.2 Å². The summed E-state index contributed by atoms with van der Waals surface area (Å²) >= 11 is 6.04. The second-order valence-electron chi connectivity index (χ2n) is 7.01. The third-order valence-corrected chi connectivity index (χ3v) is 6.13. The van der Waals surface area contributed by atoms with Crippen LogP contribution < -0.4 is 10.0 Å². The first kappa shape index (κ1) is 26.5. The zero-order valence-electron chi connectivity index (χ0n) is 17.4. The molecule has 1 atom stereocenters. The first-order valence-corrected chi connectivity index (χ1v) is 11.7. The largest absolute Gasteiger partial charge is 0.377 e. The molecular formula is C18H33ClIN5O3S. The highest BCUT2D eigenvalue weighted by Crippen LogP contribution is 2.14. The number of nitrogens with zero attached hydrogens (tertiary/aromatic N) is 3. The molecule has 0 saturated carbocycles. The van der Waals surface area contributed by atoms with Crippen molar-refractivity contribution in [2.45, 2.75) is 38.8 Å². The molecule has 8 nitrogen and oxygen atoms in total. The van der Waals surface area contributed by atoms with E-state index in [1.54, 1.807) is 0 Å². The van der Waals surface area contributed by atoms with Gasteiger partial charge in [0.1, 0.15) is 0 Å². The molecule has 0 radical (unpaired) electrons. The van der Waals surface area contributed by atoms with E-state index < -0.39 is 10.0 Å². The summed E-state index contributed by atoms with van der Waals surface area (Å²) < 4.78 is 34.6. The van der Waals surface area contributed by atoms with E-state index in [2.05, 4.69) is 15.0 Å². The average Bonchev–Trinajstić information content (AvgIpc) is 2.97. The zero-order chi connectivity index (χ0) is 20.6. The topological polar surface area (TPSA) is 88.0 Å². The van der Waals surface area contributed by atoms with Crippen molar-refractivity contribution in [2.24, 2.45) is 12.0 Å². The SMILES string of the molecule is CCNC(=NCCS(=O)(=O)NCC1CCCCO1)N(C)Cc1cc(Cl)cn1C.I. The van der Waals surface area contributed by atoms with Gasteiger partial charge >= 0.3 is 0 Å². The fourth-order valence-corrected chi connectivity index (χ4v) is 4.23. The molecule has 1 aliphatic rings. The Morgan fingerprint density at radius 1 is 1.45 bits per heavy atom. The molecule has 1 fully saturated rings. The van der Waals surface area contributed by atoms with Gasteiger partial charge in [-0.2, -0.15) is 0 Å². The molecule has 2 heterocycles. The van der Waals surface area contributed by atoms with Crippen molar-refractivity contribution in [1.82, 2.24) is 19.5 Å². The Hall–Kier alpha value is -0.560. The molecule has 2 N–H and O–H groups in total. The second-order valence-corrected chi connectivity index (χ2v) is 9.37. The van der Waals surface area contributed by atoms with E-state index in [9.17, 15) is 8.42 Å². The molecule has 1 unspecified atom stereocenters. The van der Waals surface area contributed by atoms with Gasteiger partial charge in [0.2, 0.25) is 10.0 Å². The van der Waals surface area contributed by atoms with Gasteiger partial charge in [0.05, 0.1) is 30.0 Å². The Balaban J connectivity index is 0.00000420. The lowest BCUT2D eigenvalue weighted by Crippen LogP contribution is -2.40. The minimum absolute atomic E-state index is 0. The predicted molar refractivity (Wildman–Crippen MR) is 129 cm³/mol. The summed E-state index contributed by atoms with van der Waals surface area (Å²) in [5, 5.41) is 3.88. The quantitative estimate of drug-likeness (QED) is 0.274. The Morgan fingerprint density at radius 2 is 2.21 bits per heavy atom. The molecule has 29 heavy (non-hydrogen) atoms. The normalized spacial score (nSPS) is 17.7. The van der Waals surface area contributed by atoms with Crippen molar-refractivity contribution in [3.63, 3.8) is 0 Å². The number of rotatable bonds is 9. The van der Waals surface area contributed by atoms with Crippen LogP contribution in [0.15, 0.2) is 17.3 Å². The summed E-state index contributed by atoms with van der Waals surface area (Å²) in [6.07, 6.45) is 4.87. The van der Waals surface area contributed by atoms with Crippen LogP contribution in [0, 0.1) is 0 Å². The number of ether oxygens (including phenoxy) is 1. The van der Waals surface area contributed by atoms with Crippen molar-refractivity contribution in [1.29, 1.82) is 0 Å². The van der Waals surface area contributed by atoms with Gasteiger partial charge in [0, 0.05) is 45.7 Å². The summed E-state index contributed by atoms with van der Waals surface area (Å²) in [5.74, 6) is 0.601. The minimum atomic E-state index is -3.38. The van der Waals surface area contributed by atoms with E-state index in [0.29, 0.717) is 37.2 Å². The van der Waals surface area contributed by atoms with Crippen LogP contribution in [0.3, 0.4) is 0 Å². The average molecular weight is 562 g/mol. The lowest BCUT2D eigenvalue weighted by Gasteiger charge is -2.23. The van der Waals surface area contributed by atoms with Crippen LogP contribution in [0.4, 0.5) is 0 Å². The highest BCUT2D eigenvalue weighted by Gasteiger charge is 2.18. The van der Waals surface area contributed by atoms with Gasteiger partial charge in [-0.05, 0) is 32.3 Å². The van der Waals surface area contributed by atoms with E-state index in [0.717, 1.165) is 25.0 Å². The molecule has 0 amide bonds. The van der Waals surface area contributed by atoms with Gasteiger partial charge in [-0.3, -0.25) is 4.99 Å². The lowest BCUT2D eigenvalue weighted by molar-refractivity contribution is 0.0200. The molecule has 1 aromatic rings. The Morgan fingerprint density at radius 3 is 2.79 bits per heavy atom. The number of hydrogen-bond donors (Lipinski definition) is 2. The van der Waals surface area contributed by atoms with E-state index in [1.165, 1.54) is 0 Å². The smallest absolute Gasteiger partial charge is 0.213 e.